The molecule has 0 aromatic carbocycles. The Morgan fingerprint density at radius 3 is 1.00 bits per heavy atom. The van der Waals surface area contributed by atoms with Gasteiger partial charge in [-0.25, -0.2) is 0 Å². The minimum Gasteiger partial charge on any atom is -0.323 e. The van der Waals surface area contributed by atoms with Crippen molar-refractivity contribution in [3.8, 4) is 0 Å². The van der Waals surface area contributed by atoms with Gasteiger partial charge in [-0.1, -0.05) is 0 Å². The van der Waals surface area contributed by atoms with E-state index in [9.17, 15) is 26.3 Å². The van der Waals surface area contributed by atoms with Crippen LogP contribution in [0, 0.1) is 44.0 Å². The Hall–Kier alpha value is 0.632. The maximum Gasteiger partial charge on any atom is 0.373 e. The molecule has 0 atom stereocenters. The first-order valence-electron chi connectivity index (χ1n) is 2.12. The molecule has 0 aromatic rings. The van der Waals surface area contributed by atoms with Crippen molar-refractivity contribution >= 4 is 0 Å². The van der Waals surface area contributed by atoms with E-state index in [4.69, 9.17) is 0 Å². The molecular formula is C4H3F6U-. The molecule has 0 rings (SSSR count). The Bertz CT molecular complexity index is 98.7. The zero-order chi connectivity index (χ0) is 8.58. The van der Waals surface area contributed by atoms with Gasteiger partial charge in [-0.15, -0.1) is 0 Å². The molecule has 11 heavy (non-hydrogen) atoms. The van der Waals surface area contributed by atoms with Crippen LogP contribution in [0.1, 0.15) is 0 Å². The quantitative estimate of drug-likeness (QED) is 0.431. The first kappa shape index (κ1) is 14.2. The molecule has 0 N–H and O–H groups in total. The van der Waals surface area contributed by atoms with E-state index >= 15 is 0 Å². The first-order chi connectivity index (χ1) is 4.15. The summed E-state index contributed by atoms with van der Waals surface area (Å²) in [5, 5.41) is 0. The molecule has 0 heterocycles. The van der Waals surface area contributed by atoms with Gasteiger partial charge < -0.3 is 6.92 Å². The van der Waals surface area contributed by atoms with Crippen molar-refractivity contribution < 1.29 is 57.5 Å². The number of halogens is 6. The van der Waals surface area contributed by atoms with Crippen LogP contribution in [0.3, 0.4) is 0 Å². The van der Waals surface area contributed by atoms with Gasteiger partial charge in [0, 0.05) is 37.0 Å². The van der Waals surface area contributed by atoms with E-state index in [1.807, 2.05) is 6.92 Å². The summed E-state index contributed by atoms with van der Waals surface area (Å²) in [4.78, 5) is 0. The van der Waals surface area contributed by atoms with Crippen LogP contribution >= 0.6 is 0 Å². The molecule has 0 unspecified atom stereocenters. The minimum atomic E-state index is -5.29. The molecule has 0 fully saturated rings. The average Bonchev–Trinajstić information content (AvgIpc) is 1.59. The third-order valence-electron chi connectivity index (χ3n) is 0.790. The van der Waals surface area contributed by atoms with Crippen LogP contribution in [-0.4, -0.2) is 12.4 Å². The second-order valence-corrected chi connectivity index (χ2v) is 1.64. The van der Waals surface area contributed by atoms with E-state index < -0.39 is 18.3 Å². The fraction of sp³-hybridized carbons (Fsp3) is 0.750. The van der Waals surface area contributed by atoms with Gasteiger partial charge in [-0.2, -0.15) is 26.3 Å². The minimum absolute atomic E-state index is 0. The number of hydrogen-bond donors (Lipinski definition) is 0. The second kappa shape index (κ2) is 4.04. The van der Waals surface area contributed by atoms with Crippen LogP contribution < -0.4 is 0 Å². The Kier molecular flexibility index (Phi) is 5.20. The summed E-state index contributed by atoms with van der Waals surface area (Å²) in [5.41, 5.74) is 0. The maximum atomic E-state index is 11.2. The van der Waals surface area contributed by atoms with Gasteiger partial charge in [0.2, 0.25) is 0 Å². The molecule has 0 aliphatic heterocycles. The largest absolute Gasteiger partial charge is 0.373 e. The summed E-state index contributed by atoms with van der Waals surface area (Å²) in [7, 11) is 0. The first-order valence-corrected chi connectivity index (χ1v) is 2.12. The molecule has 0 aliphatic carbocycles. The van der Waals surface area contributed by atoms with Gasteiger partial charge in [0.1, 0.15) is 0 Å². The Morgan fingerprint density at radius 2 is 1.00 bits per heavy atom. The third-order valence-corrected chi connectivity index (χ3v) is 0.790. The SMILES string of the molecule is [CH2-]C(C(F)(F)F)C(F)(F)F.[U]. The van der Waals surface area contributed by atoms with Crippen molar-refractivity contribution in [2.45, 2.75) is 12.4 Å². The zero-order valence-corrected chi connectivity index (χ0v) is 9.22. The summed E-state index contributed by atoms with van der Waals surface area (Å²) < 4.78 is 67.0. The van der Waals surface area contributed by atoms with Crippen LogP contribution in [0.4, 0.5) is 26.3 Å². The topological polar surface area (TPSA) is 0 Å². The van der Waals surface area contributed by atoms with Crippen LogP contribution in [0.5, 0.6) is 0 Å². The third kappa shape index (κ3) is 4.96. The van der Waals surface area contributed by atoms with Crippen LogP contribution in [0.15, 0.2) is 0 Å². The predicted molar refractivity (Wildman–Crippen MR) is 21.0 cm³/mol. The Labute approximate surface area is 82.7 Å². The van der Waals surface area contributed by atoms with Crippen LogP contribution in [0.2, 0.25) is 0 Å². The van der Waals surface area contributed by atoms with E-state index in [0.717, 1.165) is 0 Å². The maximum absolute atomic E-state index is 11.2. The molecule has 0 radical (unpaired) electrons. The number of hydrogen-bond acceptors (Lipinski definition) is 0. The molecule has 7 heteroatoms. The molecule has 66 valence electrons. The van der Waals surface area contributed by atoms with E-state index in [1.54, 1.807) is 0 Å². The Balaban J connectivity index is 0. The van der Waals surface area contributed by atoms with E-state index in [0.29, 0.717) is 0 Å². The van der Waals surface area contributed by atoms with Gasteiger partial charge in [0.15, 0.2) is 0 Å². The molecule has 0 aromatic heterocycles. The summed E-state index contributed by atoms with van der Waals surface area (Å²) in [6.07, 6.45) is -10.6. The van der Waals surface area contributed by atoms with Crippen LogP contribution in [-0.2, 0) is 0 Å². The summed E-state index contributed by atoms with van der Waals surface area (Å²) >= 11 is 0. The fourth-order valence-electron chi connectivity index (χ4n) is 0.186. The number of alkyl halides is 6. The molecule has 0 saturated heterocycles. The normalized spacial score (nSPS) is 13.1. The average molecular weight is 403 g/mol. The van der Waals surface area contributed by atoms with Gasteiger partial charge in [-0.05, 0) is 0 Å². The predicted octanol–water partition coefficient (Wildman–Crippen LogP) is 2.56. The molecule has 0 amide bonds. The monoisotopic (exact) mass is 403 g/mol. The van der Waals surface area contributed by atoms with Crippen LogP contribution in [0.25, 0.3) is 0 Å². The summed E-state index contributed by atoms with van der Waals surface area (Å²) in [6.45, 7) is 1.93. The van der Waals surface area contributed by atoms with Crippen molar-refractivity contribution in [2.75, 3.05) is 0 Å². The van der Waals surface area contributed by atoms with Crippen molar-refractivity contribution in [3.05, 3.63) is 6.92 Å². The molecule has 0 spiro atoms. The van der Waals surface area contributed by atoms with Crippen molar-refractivity contribution in [2.24, 2.45) is 5.92 Å². The van der Waals surface area contributed by atoms with Crippen molar-refractivity contribution in [1.82, 2.24) is 0 Å². The smallest absolute Gasteiger partial charge is 0.323 e. The molecule has 0 bridgehead atoms. The van der Waals surface area contributed by atoms with E-state index in [1.165, 1.54) is 0 Å². The number of rotatable bonds is 0. The van der Waals surface area contributed by atoms with Gasteiger partial charge in [0.25, 0.3) is 0 Å². The summed E-state index contributed by atoms with van der Waals surface area (Å²) in [6, 6.07) is 0. The van der Waals surface area contributed by atoms with Gasteiger partial charge >= 0.3 is 12.4 Å². The zero-order valence-electron chi connectivity index (χ0n) is 5.05. The second-order valence-electron chi connectivity index (χ2n) is 1.64. The van der Waals surface area contributed by atoms with E-state index in [2.05, 4.69) is 0 Å². The summed E-state index contributed by atoms with van der Waals surface area (Å²) in [5.74, 6) is -3.49. The van der Waals surface area contributed by atoms with Gasteiger partial charge in [-0.3, -0.25) is 0 Å². The van der Waals surface area contributed by atoms with E-state index in [-0.39, 0.29) is 31.1 Å². The molecule has 0 nitrogen and oxygen atoms in total. The fourth-order valence-corrected chi connectivity index (χ4v) is 0.186. The molecular weight excluding hydrogens is 400 g/mol. The van der Waals surface area contributed by atoms with Crippen molar-refractivity contribution in [1.29, 1.82) is 0 Å². The van der Waals surface area contributed by atoms with Gasteiger partial charge in [0.05, 0.1) is 0 Å². The Morgan fingerprint density at radius 1 is 0.818 bits per heavy atom. The standard InChI is InChI=1S/C4H3F6.U/c1-2(3(5,6)7)4(8,9)10;/h2H,1H2;/q-1;. The van der Waals surface area contributed by atoms with Crippen molar-refractivity contribution in [3.63, 3.8) is 0 Å². The molecule has 0 saturated carbocycles. The molecule has 0 aliphatic rings.